The molecule has 0 N–H and O–H groups in total. The molecule has 7 heteroatoms. The van der Waals surface area contributed by atoms with Gasteiger partial charge >= 0.3 is 0 Å². The third-order valence-corrected chi connectivity index (χ3v) is 6.26. The van der Waals surface area contributed by atoms with Crippen molar-refractivity contribution in [1.29, 1.82) is 0 Å². The maximum atomic E-state index is 12.8. The summed E-state index contributed by atoms with van der Waals surface area (Å²) in [5.74, 6) is 0.147. The summed E-state index contributed by atoms with van der Waals surface area (Å²) in [4.78, 5) is 0.586. The van der Waals surface area contributed by atoms with Gasteiger partial charge in [-0.05, 0) is 43.0 Å². The van der Waals surface area contributed by atoms with Gasteiger partial charge in [0.1, 0.15) is 5.82 Å². The van der Waals surface area contributed by atoms with Gasteiger partial charge in [-0.1, -0.05) is 0 Å². The first-order valence-corrected chi connectivity index (χ1v) is 9.62. The van der Waals surface area contributed by atoms with Crippen LogP contribution in [0.25, 0.3) is 0 Å². The van der Waals surface area contributed by atoms with E-state index in [1.54, 1.807) is 0 Å². The Morgan fingerprint density at radius 3 is 2.60 bits per heavy atom. The van der Waals surface area contributed by atoms with Gasteiger partial charge in [0, 0.05) is 23.7 Å². The predicted molar refractivity (Wildman–Crippen MR) is 76.8 cm³/mol. The summed E-state index contributed by atoms with van der Waals surface area (Å²) in [7, 11) is -4.40. The van der Waals surface area contributed by atoms with E-state index < -0.39 is 20.8 Å². The fraction of sp³-hybridized carbons (Fsp3) is 0.538. The maximum absolute atomic E-state index is 12.8. The lowest BCUT2D eigenvalue weighted by Gasteiger charge is -2.30. The van der Waals surface area contributed by atoms with Crippen molar-refractivity contribution in [3.63, 3.8) is 0 Å². The van der Waals surface area contributed by atoms with E-state index in [0.29, 0.717) is 23.7 Å². The minimum Gasteiger partial charge on any atom is -0.254 e. The van der Waals surface area contributed by atoms with Crippen LogP contribution in [-0.2, 0) is 20.8 Å². The SMILES string of the molecule is CS(=O)(=O)N1CCCC(CS(=O)c2ccc(F)cc2)C1. The lowest BCUT2D eigenvalue weighted by atomic mass is 10.0. The maximum Gasteiger partial charge on any atom is 0.211 e. The average Bonchev–Trinajstić information content (AvgIpc) is 2.38. The molecule has 1 saturated heterocycles. The van der Waals surface area contributed by atoms with Crippen LogP contribution in [-0.4, -0.2) is 42.0 Å². The van der Waals surface area contributed by atoms with Crippen LogP contribution < -0.4 is 0 Å². The average molecular weight is 319 g/mol. The number of hydrogen-bond donors (Lipinski definition) is 0. The van der Waals surface area contributed by atoms with Crippen LogP contribution in [0.3, 0.4) is 0 Å². The summed E-state index contributed by atoms with van der Waals surface area (Å²) in [5.41, 5.74) is 0. The number of rotatable bonds is 4. The molecule has 0 spiro atoms. The van der Waals surface area contributed by atoms with Crippen LogP contribution in [0.15, 0.2) is 29.2 Å². The van der Waals surface area contributed by atoms with Crippen LogP contribution in [0.1, 0.15) is 12.8 Å². The minimum absolute atomic E-state index is 0.0874. The molecular formula is C13H18FNO3S2. The molecule has 1 aromatic rings. The normalized spacial score (nSPS) is 22.6. The first-order chi connectivity index (χ1) is 9.36. The molecule has 20 heavy (non-hydrogen) atoms. The van der Waals surface area contributed by atoms with Crippen LogP contribution in [0, 0.1) is 11.7 Å². The van der Waals surface area contributed by atoms with E-state index in [-0.39, 0.29) is 11.7 Å². The van der Waals surface area contributed by atoms with Gasteiger partial charge in [0.05, 0.1) is 17.1 Å². The largest absolute Gasteiger partial charge is 0.254 e. The van der Waals surface area contributed by atoms with Crippen LogP contribution in [0.5, 0.6) is 0 Å². The molecule has 1 aliphatic rings. The van der Waals surface area contributed by atoms with E-state index >= 15 is 0 Å². The molecule has 1 heterocycles. The van der Waals surface area contributed by atoms with E-state index in [4.69, 9.17) is 0 Å². The highest BCUT2D eigenvalue weighted by Gasteiger charge is 2.27. The molecular weight excluding hydrogens is 301 g/mol. The van der Waals surface area contributed by atoms with E-state index in [9.17, 15) is 17.0 Å². The molecule has 0 aliphatic carbocycles. The van der Waals surface area contributed by atoms with Gasteiger partial charge in [0.15, 0.2) is 0 Å². The molecule has 2 rings (SSSR count). The highest BCUT2D eigenvalue weighted by molar-refractivity contribution is 7.88. The second-order valence-corrected chi connectivity index (χ2v) is 8.57. The lowest BCUT2D eigenvalue weighted by Crippen LogP contribution is -2.40. The van der Waals surface area contributed by atoms with Gasteiger partial charge in [-0.25, -0.2) is 17.1 Å². The Labute approximate surface area is 121 Å². The van der Waals surface area contributed by atoms with E-state index in [1.807, 2.05) is 0 Å². The molecule has 112 valence electrons. The quantitative estimate of drug-likeness (QED) is 0.847. The molecule has 1 aliphatic heterocycles. The first kappa shape index (κ1) is 15.6. The number of sulfonamides is 1. The second kappa shape index (κ2) is 6.32. The molecule has 0 amide bonds. The zero-order chi connectivity index (χ0) is 14.8. The Hall–Kier alpha value is -0.790. The standard InChI is InChI=1S/C13H18FNO3S2/c1-20(17,18)15-8-2-3-11(9-15)10-19(16)13-6-4-12(14)5-7-13/h4-7,11H,2-3,8-10H2,1H3. The third kappa shape index (κ3) is 4.10. The Kier molecular flexibility index (Phi) is 4.93. The van der Waals surface area contributed by atoms with Crippen molar-refractivity contribution < 1.29 is 17.0 Å². The summed E-state index contributed by atoms with van der Waals surface area (Å²) < 4.78 is 49.5. The van der Waals surface area contributed by atoms with E-state index in [2.05, 4.69) is 0 Å². The Bertz CT molecular complexity index is 586. The summed E-state index contributed by atoms with van der Waals surface area (Å²) in [6, 6.07) is 5.61. The number of benzene rings is 1. The summed E-state index contributed by atoms with van der Waals surface area (Å²) in [6.45, 7) is 0.963. The molecule has 0 saturated carbocycles. The van der Waals surface area contributed by atoms with Crippen LogP contribution in [0.2, 0.25) is 0 Å². The Balaban J connectivity index is 1.99. The number of hydrogen-bond acceptors (Lipinski definition) is 3. The molecule has 0 radical (unpaired) electrons. The van der Waals surface area contributed by atoms with Gasteiger partial charge in [-0.15, -0.1) is 0 Å². The van der Waals surface area contributed by atoms with Crippen molar-refractivity contribution in [3.8, 4) is 0 Å². The molecule has 2 unspecified atom stereocenters. The predicted octanol–water partition coefficient (Wildman–Crippen LogP) is 1.60. The van der Waals surface area contributed by atoms with Crippen molar-refractivity contribution in [2.24, 2.45) is 5.92 Å². The summed E-state index contributed by atoms with van der Waals surface area (Å²) in [6.07, 6.45) is 2.86. The molecule has 1 fully saturated rings. The van der Waals surface area contributed by atoms with Crippen molar-refractivity contribution in [2.45, 2.75) is 17.7 Å². The molecule has 0 aromatic heterocycles. The van der Waals surface area contributed by atoms with Gasteiger partial charge < -0.3 is 0 Å². The zero-order valence-corrected chi connectivity index (χ0v) is 12.9. The van der Waals surface area contributed by atoms with Gasteiger partial charge in [-0.2, -0.15) is 0 Å². The molecule has 2 atom stereocenters. The lowest BCUT2D eigenvalue weighted by molar-refractivity contribution is 0.285. The van der Waals surface area contributed by atoms with Gasteiger partial charge in [-0.3, -0.25) is 4.21 Å². The van der Waals surface area contributed by atoms with Gasteiger partial charge in [0.2, 0.25) is 10.0 Å². The Morgan fingerprint density at radius 1 is 1.35 bits per heavy atom. The topological polar surface area (TPSA) is 54.5 Å². The zero-order valence-electron chi connectivity index (χ0n) is 11.3. The smallest absolute Gasteiger partial charge is 0.211 e. The number of nitrogens with zero attached hydrogens (tertiary/aromatic N) is 1. The third-order valence-electron chi connectivity index (χ3n) is 3.41. The molecule has 4 nitrogen and oxygen atoms in total. The van der Waals surface area contributed by atoms with Crippen LogP contribution >= 0.6 is 0 Å². The van der Waals surface area contributed by atoms with E-state index in [0.717, 1.165) is 12.8 Å². The highest BCUT2D eigenvalue weighted by Crippen LogP contribution is 2.21. The highest BCUT2D eigenvalue weighted by atomic mass is 32.2. The monoisotopic (exact) mass is 319 g/mol. The van der Waals surface area contributed by atoms with Crippen molar-refractivity contribution in [1.82, 2.24) is 4.31 Å². The molecule has 1 aromatic carbocycles. The van der Waals surface area contributed by atoms with Crippen LogP contribution in [0.4, 0.5) is 4.39 Å². The number of piperidine rings is 1. The summed E-state index contributed by atoms with van der Waals surface area (Å²) in [5, 5.41) is 0. The second-order valence-electron chi connectivity index (χ2n) is 5.10. The van der Waals surface area contributed by atoms with E-state index in [1.165, 1.54) is 34.8 Å². The summed E-state index contributed by atoms with van der Waals surface area (Å²) >= 11 is 0. The fourth-order valence-electron chi connectivity index (χ4n) is 2.36. The first-order valence-electron chi connectivity index (χ1n) is 6.45. The Morgan fingerprint density at radius 2 is 2.00 bits per heavy atom. The minimum atomic E-state index is -3.18. The van der Waals surface area contributed by atoms with Crippen molar-refractivity contribution in [3.05, 3.63) is 30.1 Å². The van der Waals surface area contributed by atoms with Crippen molar-refractivity contribution in [2.75, 3.05) is 25.1 Å². The number of halogens is 1. The van der Waals surface area contributed by atoms with Crippen molar-refractivity contribution >= 4 is 20.8 Å². The fourth-order valence-corrected chi connectivity index (χ4v) is 4.64. The molecule has 0 bridgehead atoms. The van der Waals surface area contributed by atoms with Gasteiger partial charge in [0.25, 0.3) is 0 Å².